The van der Waals surface area contributed by atoms with E-state index in [1.807, 2.05) is 0 Å². The lowest BCUT2D eigenvalue weighted by Crippen LogP contribution is -2.03. The Morgan fingerprint density at radius 1 is 2.00 bits per heavy atom. The van der Waals surface area contributed by atoms with Crippen LogP contribution < -0.4 is 5.73 Å². The zero-order valence-electron chi connectivity index (χ0n) is 3.60. The van der Waals surface area contributed by atoms with Crippen LogP contribution in [0.5, 0.6) is 0 Å². The minimum atomic E-state index is -1.33. The number of halogens is 1. The van der Waals surface area contributed by atoms with Gasteiger partial charge in [-0.15, -0.1) is 0 Å². The third-order valence-corrected chi connectivity index (χ3v) is 0. The van der Waals surface area contributed by atoms with Gasteiger partial charge in [0.25, 0.3) is 0 Å². The van der Waals surface area contributed by atoms with E-state index in [1.165, 1.54) is 5.54 Å². The average molecular weight is 124 g/mol. The third kappa shape index (κ3) is 118. The summed E-state index contributed by atoms with van der Waals surface area (Å²) < 4.78 is 0. The van der Waals surface area contributed by atoms with Crippen molar-refractivity contribution < 1.29 is 9.90 Å². The van der Waals surface area contributed by atoms with Gasteiger partial charge in [-0.2, -0.15) is 0 Å². The molecule has 0 unspecified atom stereocenters. The number of rotatable bonds is 0. The molecule has 42 valence electrons. The van der Waals surface area contributed by atoms with Gasteiger partial charge < -0.3 is 10.8 Å². The molecule has 0 rings (SSSR count). The molecular formula is C3H6ClNO2. The first-order valence-corrected chi connectivity index (χ1v) is 1.78. The topological polar surface area (TPSA) is 63.3 Å². The molecule has 4 heteroatoms. The maximum absolute atomic E-state index is 8.78. The standard InChI is InChI=1S/C2H3Cl.CH3NO2/c1-2-3;2-1(3)4/h2H,1H2;2H2,(H,3,4). The van der Waals surface area contributed by atoms with Crippen LogP contribution in [-0.4, -0.2) is 11.2 Å². The van der Waals surface area contributed by atoms with Crippen molar-refractivity contribution in [3.63, 3.8) is 0 Å². The molecule has 0 fully saturated rings. The van der Waals surface area contributed by atoms with Gasteiger partial charge in [0.2, 0.25) is 0 Å². The van der Waals surface area contributed by atoms with Crippen LogP contribution in [0, 0.1) is 0 Å². The molecule has 3 nitrogen and oxygen atoms in total. The quantitative estimate of drug-likeness (QED) is 0.505. The molecule has 0 aromatic heterocycles. The van der Waals surface area contributed by atoms with Crippen molar-refractivity contribution in [3.8, 4) is 0 Å². The van der Waals surface area contributed by atoms with E-state index < -0.39 is 6.09 Å². The summed E-state index contributed by atoms with van der Waals surface area (Å²) in [4.78, 5) is 8.78. The lowest BCUT2D eigenvalue weighted by molar-refractivity contribution is 0.205. The lowest BCUT2D eigenvalue weighted by atomic mass is 11.3. The predicted molar refractivity (Wildman–Crippen MR) is 28.3 cm³/mol. The molecule has 7 heavy (non-hydrogen) atoms. The van der Waals surface area contributed by atoms with Gasteiger partial charge in [-0.25, -0.2) is 4.79 Å². The summed E-state index contributed by atoms with van der Waals surface area (Å²) in [6.45, 7) is 3.13. The van der Waals surface area contributed by atoms with E-state index in [-0.39, 0.29) is 0 Å². The van der Waals surface area contributed by atoms with E-state index >= 15 is 0 Å². The fourth-order valence-corrected chi connectivity index (χ4v) is 0. The highest BCUT2D eigenvalue weighted by Gasteiger charge is 1.65. The summed E-state index contributed by atoms with van der Waals surface area (Å²) in [5, 5.41) is 7.19. The van der Waals surface area contributed by atoms with Crippen LogP contribution in [0.2, 0.25) is 0 Å². The maximum atomic E-state index is 8.78. The Morgan fingerprint density at radius 2 is 2.00 bits per heavy atom. The monoisotopic (exact) mass is 123 g/mol. The molecule has 0 saturated carbocycles. The second-order valence-corrected chi connectivity index (χ2v) is 0.801. The molecule has 0 atom stereocenters. The number of amides is 1. The SMILES string of the molecule is C=CCl.NC(=O)O. The molecule has 3 N–H and O–H groups in total. The minimum Gasteiger partial charge on any atom is -0.465 e. The Balaban J connectivity index is 0. The van der Waals surface area contributed by atoms with Crippen molar-refractivity contribution >= 4 is 17.7 Å². The molecular weight excluding hydrogens is 117 g/mol. The molecule has 0 aliphatic heterocycles. The van der Waals surface area contributed by atoms with Gasteiger partial charge in [-0.05, 0) is 5.54 Å². The normalized spacial score (nSPS) is 5.29. The highest BCUT2D eigenvalue weighted by Crippen LogP contribution is 1.60. The van der Waals surface area contributed by atoms with Crippen LogP contribution in [-0.2, 0) is 0 Å². The second kappa shape index (κ2) is 9.00. The first-order valence-electron chi connectivity index (χ1n) is 1.34. The molecule has 0 aromatic carbocycles. The van der Waals surface area contributed by atoms with E-state index in [4.69, 9.17) is 21.5 Å². The number of nitrogens with two attached hydrogens (primary N) is 1. The Morgan fingerprint density at radius 3 is 2.00 bits per heavy atom. The van der Waals surface area contributed by atoms with E-state index in [0.29, 0.717) is 0 Å². The highest BCUT2D eigenvalue weighted by atomic mass is 35.5. The smallest absolute Gasteiger partial charge is 0.402 e. The zero-order chi connectivity index (χ0) is 6.28. The van der Waals surface area contributed by atoms with Gasteiger partial charge in [0, 0.05) is 0 Å². The van der Waals surface area contributed by atoms with Crippen LogP contribution >= 0.6 is 11.6 Å². The third-order valence-electron chi connectivity index (χ3n) is 0. The van der Waals surface area contributed by atoms with Crippen molar-refractivity contribution in [2.75, 3.05) is 0 Å². The molecule has 0 aromatic rings. The van der Waals surface area contributed by atoms with Crippen molar-refractivity contribution in [1.29, 1.82) is 0 Å². The van der Waals surface area contributed by atoms with Gasteiger partial charge in [0.1, 0.15) is 0 Å². The van der Waals surface area contributed by atoms with Crippen molar-refractivity contribution in [1.82, 2.24) is 0 Å². The van der Waals surface area contributed by atoms with Crippen LogP contribution in [0.25, 0.3) is 0 Å². The number of hydrogen-bond donors (Lipinski definition) is 2. The summed E-state index contributed by atoms with van der Waals surface area (Å²) in [5.41, 5.74) is 5.25. The van der Waals surface area contributed by atoms with Crippen molar-refractivity contribution in [2.24, 2.45) is 5.73 Å². The molecule has 0 heterocycles. The highest BCUT2D eigenvalue weighted by molar-refractivity contribution is 6.25. The molecule has 0 radical (unpaired) electrons. The Bertz CT molecular complexity index is 60.0. The zero-order valence-corrected chi connectivity index (χ0v) is 4.35. The number of carbonyl (C=O) groups is 1. The predicted octanol–water partition coefficient (Wildman–Crippen LogP) is 0.992. The molecule has 0 saturated heterocycles. The molecule has 0 spiro atoms. The summed E-state index contributed by atoms with van der Waals surface area (Å²) >= 11 is 4.76. The number of hydrogen-bond acceptors (Lipinski definition) is 1. The molecule has 1 amide bonds. The summed E-state index contributed by atoms with van der Waals surface area (Å²) in [6.07, 6.45) is -1.33. The summed E-state index contributed by atoms with van der Waals surface area (Å²) in [5.74, 6) is 0. The van der Waals surface area contributed by atoms with Crippen molar-refractivity contribution in [2.45, 2.75) is 0 Å². The number of primary amides is 1. The fourth-order valence-electron chi connectivity index (χ4n) is 0. The van der Waals surface area contributed by atoms with Gasteiger partial charge in [-0.3, -0.25) is 0 Å². The number of carboxylic acid groups (broad SMARTS) is 1. The molecule has 0 aliphatic rings. The lowest BCUT2D eigenvalue weighted by Gasteiger charge is -1.61. The van der Waals surface area contributed by atoms with E-state index in [1.54, 1.807) is 0 Å². The van der Waals surface area contributed by atoms with Crippen LogP contribution in [0.3, 0.4) is 0 Å². The summed E-state index contributed by atoms with van der Waals surface area (Å²) in [7, 11) is 0. The first kappa shape index (κ1) is 9.57. The van der Waals surface area contributed by atoms with Crippen LogP contribution in [0.1, 0.15) is 0 Å². The van der Waals surface area contributed by atoms with Crippen molar-refractivity contribution in [3.05, 3.63) is 12.1 Å². The van der Waals surface area contributed by atoms with Gasteiger partial charge in [-0.1, -0.05) is 18.2 Å². The first-order chi connectivity index (χ1) is 3.15. The Kier molecular flexibility index (Phi) is 12.3. The maximum Gasteiger partial charge on any atom is 0.402 e. The minimum absolute atomic E-state index is 1.22. The van der Waals surface area contributed by atoms with Gasteiger partial charge in [0.15, 0.2) is 0 Å². The Labute approximate surface area is 46.4 Å². The van der Waals surface area contributed by atoms with E-state index in [9.17, 15) is 0 Å². The molecule has 0 aliphatic carbocycles. The Hall–Kier alpha value is -0.700. The largest absolute Gasteiger partial charge is 0.465 e. The fraction of sp³-hybridized carbons (Fsp3) is 0. The second-order valence-electron chi connectivity index (χ2n) is 0.493. The van der Waals surface area contributed by atoms with Crippen LogP contribution in [0.15, 0.2) is 12.1 Å². The van der Waals surface area contributed by atoms with Gasteiger partial charge >= 0.3 is 6.09 Å². The summed E-state index contributed by atoms with van der Waals surface area (Å²) in [6, 6.07) is 0. The average Bonchev–Trinajstić information content (AvgIpc) is 1.33. The van der Waals surface area contributed by atoms with E-state index in [0.717, 1.165) is 0 Å². The van der Waals surface area contributed by atoms with E-state index in [2.05, 4.69) is 12.3 Å². The van der Waals surface area contributed by atoms with Gasteiger partial charge in [0.05, 0.1) is 0 Å². The molecule has 0 bridgehead atoms. The van der Waals surface area contributed by atoms with Crippen LogP contribution in [0.4, 0.5) is 4.79 Å².